The summed E-state index contributed by atoms with van der Waals surface area (Å²) in [6, 6.07) is 11.2. The van der Waals surface area contributed by atoms with Gasteiger partial charge in [0.2, 0.25) is 5.91 Å². The lowest BCUT2D eigenvalue weighted by atomic mass is 9.99. The van der Waals surface area contributed by atoms with Gasteiger partial charge in [-0.2, -0.15) is 0 Å². The standard InChI is InChI=1S/C22H18F3N3O2/c23-15-4-1-3-14(11-15)22(30)26-13-20(29)28-10-9-27-8-2-5-19(27)21(28)17-7-6-16(24)12-18(17)25/h1-8,11-12,21H,9-10,13H2,(H,26,30). The van der Waals surface area contributed by atoms with Gasteiger partial charge in [0, 0.05) is 42.2 Å². The third-order valence-corrected chi connectivity index (χ3v) is 5.10. The van der Waals surface area contributed by atoms with Crippen molar-refractivity contribution in [2.45, 2.75) is 12.6 Å². The highest BCUT2D eigenvalue weighted by Gasteiger charge is 2.33. The molecular formula is C22H18F3N3O2. The number of carbonyl (C=O) groups is 2. The van der Waals surface area contributed by atoms with Crippen molar-refractivity contribution in [3.63, 3.8) is 0 Å². The van der Waals surface area contributed by atoms with Gasteiger partial charge >= 0.3 is 0 Å². The van der Waals surface area contributed by atoms with E-state index in [-0.39, 0.29) is 24.2 Å². The van der Waals surface area contributed by atoms with Crippen LogP contribution < -0.4 is 5.32 Å². The number of rotatable bonds is 4. The highest BCUT2D eigenvalue weighted by molar-refractivity contribution is 5.96. The molecule has 0 bridgehead atoms. The number of carbonyl (C=O) groups excluding carboxylic acids is 2. The Morgan fingerprint density at radius 1 is 0.967 bits per heavy atom. The fourth-order valence-corrected chi connectivity index (χ4v) is 3.69. The summed E-state index contributed by atoms with van der Waals surface area (Å²) in [5.74, 6) is -3.04. The van der Waals surface area contributed by atoms with E-state index in [1.54, 1.807) is 12.1 Å². The molecule has 0 saturated heterocycles. The molecule has 0 spiro atoms. The first-order valence-corrected chi connectivity index (χ1v) is 9.37. The molecule has 1 aliphatic rings. The topological polar surface area (TPSA) is 54.3 Å². The predicted molar refractivity (Wildman–Crippen MR) is 103 cm³/mol. The number of fused-ring (bicyclic) bond motifs is 1. The van der Waals surface area contributed by atoms with E-state index in [4.69, 9.17) is 0 Å². The van der Waals surface area contributed by atoms with Crippen molar-refractivity contribution >= 4 is 11.8 Å². The Hall–Kier alpha value is -3.55. The zero-order valence-corrected chi connectivity index (χ0v) is 15.8. The lowest BCUT2D eigenvalue weighted by Gasteiger charge is -2.37. The molecular weight excluding hydrogens is 395 g/mol. The average Bonchev–Trinajstić information content (AvgIpc) is 3.20. The van der Waals surface area contributed by atoms with E-state index in [1.165, 1.54) is 29.2 Å². The van der Waals surface area contributed by atoms with Crippen LogP contribution in [0.25, 0.3) is 0 Å². The Morgan fingerprint density at radius 2 is 1.77 bits per heavy atom. The molecule has 30 heavy (non-hydrogen) atoms. The van der Waals surface area contributed by atoms with Gasteiger partial charge in [-0.1, -0.05) is 12.1 Å². The van der Waals surface area contributed by atoms with E-state index in [1.807, 2.05) is 10.8 Å². The van der Waals surface area contributed by atoms with E-state index in [9.17, 15) is 22.8 Å². The second kappa shape index (κ2) is 8.06. The van der Waals surface area contributed by atoms with Crippen LogP contribution in [0.5, 0.6) is 0 Å². The molecule has 154 valence electrons. The van der Waals surface area contributed by atoms with Crippen molar-refractivity contribution < 1.29 is 22.8 Å². The van der Waals surface area contributed by atoms with Crippen molar-refractivity contribution in [1.82, 2.24) is 14.8 Å². The third-order valence-electron chi connectivity index (χ3n) is 5.10. The number of hydrogen-bond acceptors (Lipinski definition) is 2. The summed E-state index contributed by atoms with van der Waals surface area (Å²) in [4.78, 5) is 26.6. The zero-order chi connectivity index (χ0) is 21.3. The molecule has 0 aliphatic carbocycles. The Labute approximate surface area is 170 Å². The molecule has 1 aliphatic heterocycles. The Morgan fingerprint density at radius 3 is 2.53 bits per heavy atom. The van der Waals surface area contributed by atoms with E-state index in [2.05, 4.69) is 5.32 Å². The Kier molecular flexibility index (Phi) is 5.31. The highest BCUT2D eigenvalue weighted by atomic mass is 19.1. The molecule has 1 atom stereocenters. The summed E-state index contributed by atoms with van der Waals surface area (Å²) < 4.78 is 43.2. The molecule has 0 radical (unpaired) electrons. The van der Waals surface area contributed by atoms with E-state index < -0.39 is 35.3 Å². The van der Waals surface area contributed by atoms with Crippen LogP contribution in [0.3, 0.4) is 0 Å². The summed E-state index contributed by atoms with van der Waals surface area (Å²) >= 11 is 0. The minimum atomic E-state index is -0.757. The third kappa shape index (κ3) is 3.80. The molecule has 4 rings (SSSR count). The molecule has 1 aromatic heterocycles. The van der Waals surface area contributed by atoms with Crippen molar-refractivity contribution in [3.05, 3.63) is 95.1 Å². The van der Waals surface area contributed by atoms with Gasteiger partial charge in [-0.25, -0.2) is 13.2 Å². The average molecular weight is 413 g/mol. The van der Waals surface area contributed by atoms with Gasteiger partial charge in [0.05, 0.1) is 6.54 Å². The molecule has 2 aromatic carbocycles. The van der Waals surface area contributed by atoms with Crippen molar-refractivity contribution in [1.29, 1.82) is 0 Å². The molecule has 2 amide bonds. The lowest BCUT2D eigenvalue weighted by molar-refractivity contribution is -0.132. The lowest BCUT2D eigenvalue weighted by Crippen LogP contribution is -2.47. The van der Waals surface area contributed by atoms with Crippen LogP contribution in [0, 0.1) is 17.5 Å². The highest BCUT2D eigenvalue weighted by Crippen LogP contribution is 2.34. The first-order chi connectivity index (χ1) is 14.4. The SMILES string of the molecule is O=C(NCC(=O)N1CCn2cccc2C1c1ccc(F)cc1F)c1cccc(F)c1. The van der Waals surface area contributed by atoms with Crippen molar-refractivity contribution in [2.24, 2.45) is 0 Å². The minimum absolute atomic E-state index is 0.0939. The van der Waals surface area contributed by atoms with Crippen LogP contribution in [0.4, 0.5) is 13.2 Å². The second-order valence-corrected chi connectivity index (χ2v) is 6.97. The molecule has 0 saturated carbocycles. The van der Waals surface area contributed by atoms with Gasteiger partial charge < -0.3 is 14.8 Å². The number of hydrogen-bond donors (Lipinski definition) is 1. The van der Waals surface area contributed by atoms with Gasteiger partial charge in [0.1, 0.15) is 23.5 Å². The van der Waals surface area contributed by atoms with Crippen LogP contribution in [-0.4, -0.2) is 34.4 Å². The molecule has 0 fully saturated rings. The smallest absolute Gasteiger partial charge is 0.251 e. The van der Waals surface area contributed by atoms with Crippen molar-refractivity contribution in [3.8, 4) is 0 Å². The second-order valence-electron chi connectivity index (χ2n) is 6.97. The molecule has 8 heteroatoms. The van der Waals surface area contributed by atoms with Crippen LogP contribution in [0.2, 0.25) is 0 Å². The van der Waals surface area contributed by atoms with Crippen LogP contribution in [0.1, 0.15) is 27.7 Å². The Bertz CT molecular complexity index is 1110. The van der Waals surface area contributed by atoms with Gasteiger partial charge in [-0.3, -0.25) is 9.59 Å². The maximum absolute atomic E-state index is 14.6. The molecule has 1 N–H and O–H groups in total. The van der Waals surface area contributed by atoms with E-state index in [0.29, 0.717) is 12.2 Å². The summed E-state index contributed by atoms with van der Waals surface area (Å²) in [5.41, 5.74) is 0.953. The normalized spacial score (nSPS) is 15.6. The van der Waals surface area contributed by atoms with Crippen molar-refractivity contribution in [2.75, 3.05) is 13.1 Å². The summed E-state index contributed by atoms with van der Waals surface area (Å²) in [7, 11) is 0. The van der Waals surface area contributed by atoms with Gasteiger partial charge in [0.25, 0.3) is 5.91 Å². The molecule has 2 heterocycles. The van der Waals surface area contributed by atoms with Crippen LogP contribution >= 0.6 is 0 Å². The van der Waals surface area contributed by atoms with Gasteiger partial charge in [-0.15, -0.1) is 0 Å². The fourth-order valence-electron chi connectivity index (χ4n) is 3.69. The number of halogens is 3. The molecule has 5 nitrogen and oxygen atoms in total. The predicted octanol–water partition coefficient (Wildman–Crippen LogP) is 3.27. The zero-order valence-electron chi connectivity index (χ0n) is 15.8. The number of aromatic nitrogens is 1. The number of benzene rings is 2. The van der Waals surface area contributed by atoms with Gasteiger partial charge in [-0.05, 0) is 36.4 Å². The summed E-state index contributed by atoms with van der Waals surface area (Å²) in [6.45, 7) is 0.457. The van der Waals surface area contributed by atoms with Gasteiger partial charge in [0.15, 0.2) is 0 Å². The van der Waals surface area contributed by atoms with Crippen LogP contribution in [-0.2, 0) is 11.3 Å². The van der Waals surface area contributed by atoms with E-state index in [0.717, 1.165) is 18.2 Å². The number of amides is 2. The summed E-state index contributed by atoms with van der Waals surface area (Å²) in [5, 5.41) is 2.48. The first kappa shape index (κ1) is 19.8. The first-order valence-electron chi connectivity index (χ1n) is 9.37. The maximum atomic E-state index is 14.6. The maximum Gasteiger partial charge on any atom is 0.251 e. The fraction of sp³-hybridized carbons (Fsp3) is 0.182. The number of nitrogens with zero attached hydrogens (tertiary/aromatic N) is 2. The molecule has 1 unspecified atom stereocenters. The quantitative estimate of drug-likeness (QED) is 0.714. The molecule has 3 aromatic rings. The van der Waals surface area contributed by atoms with Crippen LogP contribution in [0.15, 0.2) is 60.8 Å². The van der Waals surface area contributed by atoms with E-state index >= 15 is 0 Å². The monoisotopic (exact) mass is 413 g/mol. The largest absolute Gasteiger partial charge is 0.348 e. The Balaban J connectivity index is 1.57. The number of nitrogens with one attached hydrogen (secondary N) is 1. The minimum Gasteiger partial charge on any atom is -0.348 e. The summed E-state index contributed by atoms with van der Waals surface area (Å²) in [6.07, 6.45) is 1.83.